The van der Waals surface area contributed by atoms with Crippen LogP contribution >= 0.6 is 28.1 Å². The van der Waals surface area contributed by atoms with Gasteiger partial charge in [-0.25, -0.2) is 0 Å². The number of amides is 1. The highest BCUT2D eigenvalue weighted by Gasteiger charge is 2.53. The lowest BCUT2D eigenvalue weighted by atomic mass is 9.88. The molecule has 1 amide bonds. The summed E-state index contributed by atoms with van der Waals surface area (Å²) in [4.78, 5) is 17.1. The van der Waals surface area contributed by atoms with E-state index in [0.29, 0.717) is 16.2 Å². The number of halogens is 1. The molecule has 0 aliphatic carbocycles. The Morgan fingerprint density at radius 3 is 2.70 bits per heavy atom. The predicted octanol–water partition coefficient (Wildman–Crippen LogP) is 5.84. The lowest BCUT2D eigenvalue weighted by molar-refractivity contribution is 0.0173. The molecule has 2 aliphatic heterocycles. The number of ether oxygens (including phenoxy) is 1. The fourth-order valence-corrected chi connectivity index (χ4v) is 5.15. The SMILES string of the molecule is Cc1cccc(N2C(=S)N(C(=O)c3ccc(Br)o3)[C@@H]3C[C@]2(C)Oc2ccccc23)c1. The minimum Gasteiger partial charge on any atom is -0.467 e. The number of anilines is 1. The van der Waals surface area contributed by atoms with Gasteiger partial charge in [0.15, 0.2) is 21.3 Å². The summed E-state index contributed by atoms with van der Waals surface area (Å²) in [5, 5.41) is 0.395. The lowest BCUT2D eigenvalue weighted by Gasteiger charge is -2.55. The van der Waals surface area contributed by atoms with Gasteiger partial charge in [0, 0.05) is 17.7 Å². The van der Waals surface area contributed by atoms with Gasteiger partial charge in [-0.15, -0.1) is 0 Å². The van der Waals surface area contributed by atoms with Crippen LogP contribution in [0.5, 0.6) is 5.75 Å². The van der Waals surface area contributed by atoms with Gasteiger partial charge in [0.2, 0.25) is 0 Å². The largest absolute Gasteiger partial charge is 0.467 e. The fraction of sp³-hybridized carbons (Fsp3) is 0.217. The Kier molecular flexibility index (Phi) is 4.48. The molecule has 30 heavy (non-hydrogen) atoms. The summed E-state index contributed by atoms with van der Waals surface area (Å²) in [5.41, 5.74) is 2.22. The number of aryl methyl sites for hydroxylation is 1. The standard InChI is InChI=1S/C23H19BrN2O3S/c1-14-6-5-7-15(12-14)26-22(30)25(21(27)19-10-11-20(24)28-19)17-13-23(26,2)29-18-9-4-3-8-16(17)18/h3-12,17H,13H2,1-2H3/t17-,23+/m1/s1. The van der Waals surface area contributed by atoms with Crippen LogP contribution in [0.3, 0.4) is 0 Å². The molecule has 5 rings (SSSR count). The van der Waals surface area contributed by atoms with Crippen LogP contribution in [0.4, 0.5) is 5.69 Å². The van der Waals surface area contributed by atoms with Gasteiger partial charge in [0.25, 0.3) is 5.91 Å². The van der Waals surface area contributed by atoms with Crippen LogP contribution in [0.1, 0.15) is 41.1 Å². The Morgan fingerprint density at radius 2 is 1.97 bits per heavy atom. The van der Waals surface area contributed by atoms with Crippen LogP contribution in [-0.2, 0) is 0 Å². The molecule has 2 aliphatic rings. The molecule has 0 unspecified atom stereocenters. The number of hydrogen-bond donors (Lipinski definition) is 0. The van der Waals surface area contributed by atoms with Gasteiger partial charge in [-0.05, 0) is 77.9 Å². The molecule has 7 heteroatoms. The molecule has 1 fully saturated rings. The second-order valence-electron chi connectivity index (χ2n) is 7.77. The molecule has 0 radical (unpaired) electrons. The van der Waals surface area contributed by atoms with Crippen LogP contribution in [-0.4, -0.2) is 21.6 Å². The zero-order valence-electron chi connectivity index (χ0n) is 16.5. The first kappa shape index (κ1) is 19.3. The van der Waals surface area contributed by atoms with E-state index < -0.39 is 5.72 Å². The van der Waals surface area contributed by atoms with E-state index in [2.05, 4.69) is 15.9 Å². The maximum absolute atomic E-state index is 13.5. The van der Waals surface area contributed by atoms with Crippen LogP contribution < -0.4 is 9.64 Å². The number of carbonyl (C=O) groups excluding carboxylic acids is 1. The molecule has 0 N–H and O–H groups in total. The number of fused-ring (bicyclic) bond motifs is 4. The number of nitrogens with zero attached hydrogens (tertiary/aromatic N) is 2. The molecule has 2 bridgehead atoms. The fourth-order valence-electron chi connectivity index (χ4n) is 4.33. The van der Waals surface area contributed by atoms with Gasteiger partial charge in [-0.1, -0.05) is 30.3 Å². The third-order valence-electron chi connectivity index (χ3n) is 5.62. The number of furan rings is 1. The second kappa shape index (κ2) is 6.96. The quantitative estimate of drug-likeness (QED) is 0.429. The van der Waals surface area contributed by atoms with Crippen molar-refractivity contribution in [1.29, 1.82) is 0 Å². The van der Waals surface area contributed by atoms with Gasteiger partial charge < -0.3 is 9.15 Å². The third kappa shape index (κ3) is 2.96. The van der Waals surface area contributed by atoms with E-state index in [0.717, 1.165) is 22.6 Å². The molecule has 1 aromatic heterocycles. The summed E-state index contributed by atoms with van der Waals surface area (Å²) in [6.07, 6.45) is 0.575. The molecule has 1 saturated heterocycles. The normalized spacial score (nSPS) is 22.5. The summed E-state index contributed by atoms with van der Waals surface area (Å²) in [6, 6.07) is 19.0. The summed E-state index contributed by atoms with van der Waals surface area (Å²) < 4.78 is 12.6. The van der Waals surface area contributed by atoms with Crippen molar-refractivity contribution in [3.8, 4) is 5.75 Å². The highest BCUT2D eigenvalue weighted by molar-refractivity contribution is 9.10. The Bertz CT molecular complexity index is 1180. The minimum absolute atomic E-state index is 0.237. The summed E-state index contributed by atoms with van der Waals surface area (Å²) in [7, 11) is 0. The van der Waals surface area contributed by atoms with Crippen molar-refractivity contribution < 1.29 is 13.9 Å². The van der Waals surface area contributed by atoms with Crippen LogP contribution in [0.25, 0.3) is 0 Å². The average Bonchev–Trinajstić information content (AvgIpc) is 3.14. The average molecular weight is 483 g/mol. The summed E-state index contributed by atoms with van der Waals surface area (Å²) in [5.74, 6) is 0.725. The molecule has 5 nitrogen and oxygen atoms in total. The highest BCUT2D eigenvalue weighted by Crippen LogP contribution is 2.49. The van der Waals surface area contributed by atoms with Gasteiger partial charge in [0.1, 0.15) is 5.75 Å². The van der Waals surface area contributed by atoms with E-state index in [1.54, 1.807) is 17.0 Å². The second-order valence-corrected chi connectivity index (χ2v) is 8.92. The van der Waals surface area contributed by atoms with E-state index in [-0.39, 0.29) is 17.7 Å². The van der Waals surface area contributed by atoms with E-state index in [4.69, 9.17) is 21.4 Å². The van der Waals surface area contributed by atoms with Gasteiger partial charge in [-0.2, -0.15) is 0 Å². The number of hydrogen-bond acceptors (Lipinski definition) is 4. The van der Waals surface area contributed by atoms with Crippen molar-refractivity contribution >= 4 is 44.9 Å². The molecule has 3 aromatic rings. The molecule has 0 spiro atoms. The van der Waals surface area contributed by atoms with Gasteiger partial charge in [-0.3, -0.25) is 14.6 Å². The summed E-state index contributed by atoms with van der Waals surface area (Å²) >= 11 is 9.19. The van der Waals surface area contributed by atoms with E-state index in [1.807, 2.05) is 67.3 Å². The van der Waals surface area contributed by atoms with E-state index in [9.17, 15) is 4.79 Å². The Morgan fingerprint density at radius 1 is 1.17 bits per heavy atom. The highest BCUT2D eigenvalue weighted by atomic mass is 79.9. The maximum atomic E-state index is 13.5. The monoisotopic (exact) mass is 482 g/mol. The van der Waals surface area contributed by atoms with Crippen molar-refractivity contribution in [2.75, 3.05) is 4.90 Å². The zero-order chi connectivity index (χ0) is 21.0. The van der Waals surface area contributed by atoms with Crippen molar-refractivity contribution in [3.05, 3.63) is 82.2 Å². The first-order chi connectivity index (χ1) is 14.4. The molecular weight excluding hydrogens is 464 g/mol. The number of thiocarbonyl (C=S) groups is 1. The number of para-hydroxylation sites is 1. The predicted molar refractivity (Wildman–Crippen MR) is 122 cm³/mol. The van der Waals surface area contributed by atoms with Gasteiger partial charge in [0.05, 0.1) is 6.04 Å². The van der Waals surface area contributed by atoms with Crippen LogP contribution in [0.15, 0.2) is 69.8 Å². The Balaban J connectivity index is 1.68. The van der Waals surface area contributed by atoms with Crippen molar-refractivity contribution in [2.24, 2.45) is 0 Å². The van der Waals surface area contributed by atoms with Crippen molar-refractivity contribution in [3.63, 3.8) is 0 Å². The molecule has 152 valence electrons. The maximum Gasteiger partial charge on any atom is 0.296 e. The van der Waals surface area contributed by atoms with E-state index >= 15 is 0 Å². The molecule has 2 aromatic carbocycles. The number of rotatable bonds is 2. The van der Waals surface area contributed by atoms with Crippen molar-refractivity contribution in [1.82, 2.24) is 4.90 Å². The smallest absolute Gasteiger partial charge is 0.296 e. The molecule has 3 heterocycles. The minimum atomic E-state index is -0.718. The van der Waals surface area contributed by atoms with Crippen LogP contribution in [0.2, 0.25) is 0 Å². The third-order valence-corrected chi connectivity index (χ3v) is 6.43. The lowest BCUT2D eigenvalue weighted by Crippen LogP contribution is -2.67. The Hall–Kier alpha value is -2.64. The van der Waals surface area contributed by atoms with Crippen LogP contribution in [0, 0.1) is 6.92 Å². The molecule has 2 atom stereocenters. The van der Waals surface area contributed by atoms with Crippen molar-refractivity contribution in [2.45, 2.75) is 32.0 Å². The first-order valence-electron chi connectivity index (χ1n) is 9.65. The van der Waals surface area contributed by atoms with Gasteiger partial charge >= 0.3 is 0 Å². The topological polar surface area (TPSA) is 45.9 Å². The van der Waals surface area contributed by atoms with E-state index in [1.165, 1.54) is 0 Å². The number of benzene rings is 2. The first-order valence-corrected chi connectivity index (χ1v) is 10.9. The Labute approximate surface area is 188 Å². The zero-order valence-corrected chi connectivity index (χ0v) is 18.9. The summed E-state index contributed by atoms with van der Waals surface area (Å²) in [6.45, 7) is 4.05. The molecule has 0 saturated carbocycles. The number of carbonyl (C=O) groups is 1. The molecular formula is C23H19BrN2O3S.